The summed E-state index contributed by atoms with van der Waals surface area (Å²) in [6.07, 6.45) is 3.65. The average Bonchev–Trinajstić information content (AvgIpc) is 2.73. The number of rotatable bonds is 7. The Hall–Kier alpha value is -2.09. The summed E-state index contributed by atoms with van der Waals surface area (Å²) in [5.41, 5.74) is 0.502. The van der Waals surface area contributed by atoms with Crippen LogP contribution in [0.1, 0.15) is 32.6 Å². The summed E-state index contributed by atoms with van der Waals surface area (Å²) in [5.74, 6) is 0.0698. The molecule has 0 aliphatic carbocycles. The number of nitrogens with one attached hydrogen (secondary N) is 1. The predicted molar refractivity (Wildman–Crippen MR) is 114 cm³/mol. The second-order valence-electron chi connectivity index (χ2n) is 6.97. The quantitative estimate of drug-likeness (QED) is 0.701. The summed E-state index contributed by atoms with van der Waals surface area (Å²) in [4.78, 5) is 12.3. The maximum absolute atomic E-state index is 13.0. The Balaban J connectivity index is 1.62. The number of para-hydroxylation sites is 1. The number of piperidine rings is 1. The molecule has 156 valence electrons. The van der Waals surface area contributed by atoms with Crippen LogP contribution >= 0.6 is 11.6 Å². The minimum atomic E-state index is -3.54. The van der Waals surface area contributed by atoms with Crippen LogP contribution < -0.4 is 10.1 Å². The summed E-state index contributed by atoms with van der Waals surface area (Å²) < 4.78 is 33.0. The van der Waals surface area contributed by atoms with Gasteiger partial charge in [0.2, 0.25) is 10.0 Å². The van der Waals surface area contributed by atoms with Crippen LogP contribution in [0.15, 0.2) is 53.4 Å². The fourth-order valence-corrected chi connectivity index (χ4v) is 5.40. The first-order valence-electron chi connectivity index (χ1n) is 9.71. The van der Waals surface area contributed by atoms with Gasteiger partial charge >= 0.3 is 0 Å². The first-order valence-corrected chi connectivity index (χ1v) is 11.5. The molecular weight excluding hydrogens is 412 g/mol. The third-order valence-electron chi connectivity index (χ3n) is 4.98. The van der Waals surface area contributed by atoms with E-state index in [9.17, 15) is 13.2 Å². The fourth-order valence-electron chi connectivity index (χ4n) is 3.45. The van der Waals surface area contributed by atoms with Crippen LogP contribution in [-0.2, 0) is 14.8 Å². The van der Waals surface area contributed by atoms with E-state index < -0.39 is 10.0 Å². The van der Waals surface area contributed by atoms with Crippen molar-refractivity contribution in [2.24, 2.45) is 0 Å². The predicted octanol–water partition coefficient (Wildman–Crippen LogP) is 4.31. The van der Waals surface area contributed by atoms with E-state index in [0.29, 0.717) is 23.0 Å². The molecule has 29 heavy (non-hydrogen) atoms. The van der Waals surface area contributed by atoms with Crippen molar-refractivity contribution in [2.75, 3.05) is 18.5 Å². The number of ether oxygens (including phenoxy) is 1. The molecule has 3 rings (SSSR count). The number of anilines is 1. The number of sulfonamides is 1. The molecule has 1 aliphatic rings. The van der Waals surface area contributed by atoms with Crippen LogP contribution in [0.3, 0.4) is 0 Å². The van der Waals surface area contributed by atoms with Gasteiger partial charge in [-0.15, -0.1) is 0 Å². The van der Waals surface area contributed by atoms with Crippen molar-refractivity contribution < 1.29 is 17.9 Å². The zero-order valence-electron chi connectivity index (χ0n) is 16.3. The number of nitrogens with zero attached hydrogens (tertiary/aromatic N) is 1. The monoisotopic (exact) mass is 436 g/mol. The van der Waals surface area contributed by atoms with Crippen molar-refractivity contribution in [2.45, 2.75) is 43.5 Å². The minimum absolute atomic E-state index is 0.0510. The van der Waals surface area contributed by atoms with Crippen LogP contribution in [0, 0.1) is 0 Å². The molecule has 1 atom stereocenters. The van der Waals surface area contributed by atoms with Gasteiger partial charge in [-0.3, -0.25) is 4.79 Å². The zero-order chi connectivity index (χ0) is 20.9. The molecule has 2 aromatic carbocycles. The van der Waals surface area contributed by atoms with Crippen LogP contribution in [0.4, 0.5) is 5.69 Å². The van der Waals surface area contributed by atoms with Gasteiger partial charge in [0.05, 0.1) is 9.92 Å². The summed E-state index contributed by atoms with van der Waals surface area (Å²) in [6, 6.07) is 13.2. The molecule has 2 aromatic rings. The number of carbonyl (C=O) groups is 1. The van der Waals surface area contributed by atoms with Crippen molar-refractivity contribution in [3.05, 3.63) is 53.6 Å². The summed E-state index contributed by atoms with van der Waals surface area (Å²) in [6.45, 7) is 2.37. The molecule has 6 nitrogen and oxygen atoms in total. The Morgan fingerprint density at radius 3 is 2.59 bits per heavy atom. The third kappa shape index (κ3) is 5.29. The van der Waals surface area contributed by atoms with E-state index in [2.05, 4.69) is 5.32 Å². The summed E-state index contributed by atoms with van der Waals surface area (Å²) in [7, 11) is -3.54. The lowest BCUT2D eigenvalue weighted by Crippen LogP contribution is -2.43. The third-order valence-corrected chi connectivity index (χ3v) is 7.26. The Morgan fingerprint density at radius 1 is 1.17 bits per heavy atom. The zero-order valence-corrected chi connectivity index (χ0v) is 17.9. The molecule has 0 saturated carbocycles. The van der Waals surface area contributed by atoms with Crippen LogP contribution in [0.5, 0.6) is 5.75 Å². The molecular formula is C21H25ClN2O4S. The van der Waals surface area contributed by atoms with E-state index in [0.717, 1.165) is 25.7 Å². The summed E-state index contributed by atoms with van der Waals surface area (Å²) in [5, 5.41) is 3.12. The highest BCUT2D eigenvalue weighted by molar-refractivity contribution is 7.89. The first kappa shape index (κ1) is 21.6. The van der Waals surface area contributed by atoms with Crippen LogP contribution in [0.2, 0.25) is 5.02 Å². The fraction of sp³-hybridized carbons (Fsp3) is 0.381. The van der Waals surface area contributed by atoms with E-state index in [4.69, 9.17) is 16.3 Å². The van der Waals surface area contributed by atoms with Gasteiger partial charge in [0, 0.05) is 18.3 Å². The van der Waals surface area contributed by atoms with E-state index in [1.807, 2.05) is 6.92 Å². The maximum atomic E-state index is 13.0. The molecule has 1 aliphatic heterocycles. The van der Waals surface area contributed by atoms with Gasteiger partial charge in [-0.05, 0) is 55.7 Å². The van der Waals surface area contributed by atoms with Gasteiger partial charge in [0.15, 0.2) is 6.61 Å². The van der Waals surface area contributed by atoms with Crippen molar-refractivity contribution in [3.63, 3.8) is 0 Å². The molecule has 0 unspecified atom stereocenters. The highest BCUT2D eigenvalue weighted by Gasteiger charge is 2.32. The number of hydrogen-bond donors (Lipinski definition) is 1. The lowest BCUT2D eigenvalue weighted by atomic mass is 10.0. The van der Waals surface area contributed by atoms with Crippen molar-refractivity contribution in [3.8, 4) is 5.75 Å². The van der Waals surface area contributed by atoms with Gasteiger partial charge in [0.1, 0.15) is 5.75 Å². The average molecular weight is 437 g/mol. The van der Waals surface area contributed by atoms with E-state index in [1.165, 1.54) is 12.1 Å². The van der Waals surface area contributed by atoms with Crippen molar-refractivity contribution in [1.29, 1.82) is 0 Å². The van der Waals surface area contributed by atoms with E-state index in [-0.39, 0.29) is 23.5 Å². The van der Waals surface area contributed by atoms with Crippen LogP contribution in [-0.4, -0.2) is 37.8 Å². The largest absolute Gasteiger partial charge is 0.482 e. The smallest absolute Gasteiger partial charge is 0.262 e. The standard InChI is InChI=1S/C21H25ClN2O4S/c1-2-17-7-5-6-14-24(17)29(26,27)18-12-10-16(11-13-18)23-21(25)15-28-20-9-4-3-8-19(20)22/h3-4,8-13,17H,2,5-7,14-15H2,1H3,(H,23,25)/t17-/m1/s1. The SMILES string of the molecule is CC[C@@H]1CCCCN1S(=O)(=O)c1ccc(NC(=O)COc2ccccc2Cl)cc1. The molecule has 8 heteroatoms. The number of halogens is 1. The molecule has 0 aromatic heterocycles. The van der Waals surface area contributed by atoms with Gasteiger partial charge in [0.25, 0.3) is 5.91 Å². The Labute approximate surface area is 176 Å². The Morgan fingerprint density at radius 2 is 1.90 bits per heavy atom. The molecule has 0 radical (unpaired) electrons. The van der Waals surface area contributed by atoms with Gasteiger partial charge in [-0.25, -0.2) is 8.42 Å². The van der Waals surface area contributed by atoms with Crippen LogP contribution in [0.25, 0.3) is 0 Å². The number of carbonyl (C=O) groups excluding carboxylic acids is 1. The Bertz CT molecular complexity index is 947. The highest BCUT2D eigenvalue weighted by Crippen LogP contribution is 2.27. The minimum Gasteiger partial charge on any atom is -0.482 e. The number of amides is 1. The van der Waals surface area contributed by atoms with Gasteiger partial charge < -0.3 is 10.1 Å². The Kier molecular flexibility index (Phi) is 7.16. The van der Waals surface area contributed by atoms with Crippen molar-refractivity contribution >= 4 is 33.2 Å². The second kappa shape index (κ2) is 9.61. The lowest BCUT2D eigenvalue weighted by molar-refractivity contribution is -0.118. The molecule has 1 saturated heterocycles. The molecule has 0 bridgehead atoms. The van der Waals surface area contributed by atoms with E-state index in [1.54, 1.807) is 40.7 Å². The number of benzene rings is 2. The molecule has 1 N–H and O–H groups in total. The maximum Gasteiger partial charge on any atom is 0.262 e. The van der Waals surface area contributed by atoms with E-state index >= 15 is 0 Å². The highest BCUT2D eigenvalue weighted by atomic mass is 35.5. The molecule has 1 fully saturated rings. The first-order chi connectivity index (χ1) is 13.9. The topological polar surface area (TPSA) is 75.7 Å². The molecule has 0 spiro atoms. The number of hydrogen-bond acceptors (Lipinski definition) is 4. The van der Waals surface area contributed by atoms with Gasteiger partial charge in [-0.2, -0.15) is 4.31 Å². The molecule has 1 heterocycles. The second-order valence-corrected chi connectivity index (χ2v) is 9.26. The summed E-state index contributed by atoms with van der Waals surface area (Å²) >= 11 is 6.00. The van der Waals surface area contributed by atoms with Gasteiger partial charge in [-0.1, -0.05) is 37.1 Å². The lowest BCUT2D eigenvalue weighted by Gasteiger charge is -2.34. The molecule has 1 amide bonds. The normalized spacial score (nSPS) is 17.7. The van der Waals surface area contributed by atoms with Crippen molar-refractivity contribution in [1.82, 2.24) is 4.31 Å².